The summed E-state index contributed by atoms with van der Waals surface area (Å²) >= 11 is 0. The Bertz CT molecular complexity index is 2180. The van der Waals surface area contributed by atoms with E-state index in [0.29, 0.717) is 41.3 Å². The Morgan fingerprint density at radius 3 is 2.62 bits per heavy atom. The van der Waals surface area contributed by atoms with E-state index < -0.39 is 71.7 Å². The van der Waals surface area contributed by atoms with Gasteiger partial charge in [-0.05, 0) is 106 Å². The van der Waals surface area contributed by atoms with Crippen LogP contribution in [0.4, 0.5) is 0 Å². The molecule has 7 N–H and O–H groups in total. The van der Waals surface area contributed by atoms with Crippen molar-refractivity contribution in [2.24, 2.45) is 29.6 Å². The predicted molar refractivity (Wildman–Crippen MR) is 253 cm³/mol. The Morgan fingerprint density at radius 2 is 1.82 bits per heavy atom. The molecule has 2 saturated heterocycles. The zero-order valence-electron chi connectivity index (χ0n) is 38.2. The highest BCUT2D eigenvalue weighted by Gasteiger charge is 2.78. The molecular formula is C51H69NO12S2. The normalized spacial score (nSPS) is 39.4. The van der Waals surface area contributed by atoms with Crippen LogP contribution in [-0.2, 0) is 27.1 Å². The van der Waals surface area contributed by atoms with Crippen molar-refractivity contribution in [2.75, 3.05) is 32.1 Å². The molecule has 2 aromatic carbocycles. The van der Waals surface area contributed by atoms with Gasteiger partial charge in [0.15, 0.2) is 16.9 Å². The molecule has 0 radical (unpaired) electrons. The highest BCUT2D eigenvalue weighted by Crippen LogP contribution is 2.63. The van der Waals surface area contributed by atoms with E-state index in [1.54, 1.807) is 42.2 Å². The van der Waals surface area contributed by atoms with Crippen LogP contribution in [0.5, 0.6) is 11.5 Å². The third kappa shape index (κ3) is 8.53. The number of fused-ring (bicyclic) bond motifs is 11. The first kappa shape index (κ1) is 48.2. The molecule has 3 aliphatic carbocycles. The molecular weight excluding hydrogens is 883 g/mol. The highest BCUT2D eigenvalue weighted by molar-refractivity contribution is 8.77. The van der Waals surface area contributed by atoms with Crippen LogP contribution in [0.1, 0.15) is 95.6 Å². The summed E-state index contributed by atoms with van der Waals surface area (Å²) in [6, 6.07) is 14.3. The molecule has 4 heterocycles. The molecule has 1 aromatic heterocycles. The van der Waals surface area contributed by atoms with Crippen molar-refractivity contribution >= 4 is 38.5 Å². The number of rotatable bonds is 8. The molecule has 3 aliphatic heterocycles. The average molecular weight is 952 g/mol. The van der Waals surface area contributed by atoms with Crippen LogP contribution in [0.2, 0.25) is 0 Å². The molecule has 14 unspecified atom stereocenters. The number of ether oxygens (including phenoxy) is 4. The van der Waals surface area contributed by atoms with Crippen molar-refractivity contribution < 1.29 is 58.8 Å². The van der Waals surface area contributed by atoms with Crippen LogP contribution in [0.3, 0.4) is 0 Å². The van der Waals surface area contributed by atoms with Gasteiger partial charge in [0, 0.05) is 53.3 Å². The van der Waals surface area contributed by atoms with Gasteiger partial charge in [0.2, 0.25) is 12.0 Å². The second kappa shape index (κ2) is 19.9. The molecule has 2 saturated carbocycles. The Hall–Kier alpha value is -2.83. The maximum Gasteiger partial charge on any atom is 0.306 e. The van der Waals surface area contributed by atoms with Crippen LogP contribution < -0.4 is 14.8 Å². The van der Waals surface area contributed by atoms with Crippen LogP contribution in [0.25, 0.3) is 11.0 Å². The van der Waals surface area contributed by atoms with Gasteiger partial charge in [-0.1, -0.05) is 90.3 Å². The Morgan fingerprint density at radius 1 is 0.985 bits per heavy atom. The molecule has 6 aliphatic rings. The monoisotopic (exact) mass is 951 g/mol. The number of hydrogen-bond donors (Lipinski definition) is 7. The van der Waals surface area contributed by atoms with Crippen molar-refractivity contribution in [3.8, 4) is 11.5 Å². The van der Waals surface area contributed by atoms with Crippen LogP contribution in [-0.4, -0.2) is 121 Å². The van der Waals surface area contributed by atoms with Gasteiger partial charge in [-0.25, -0.2) is 0 Å². The summed E-state index contributed by atoms with van der Waals surface area (Å²) < 4.78 is 32.2. The molecule has 14 atom stereocenters. The van der Waals surface area contributed by atoms with Crippen molar-refractivity contribution in [1.82, 2.24) is 5.32 Å². The lowest BCUT2D eigenvalue weighted by Crippen LogP contribution is -2.86. The van der Waals surface area contributed by atoms with Gasteiger partial charge in [0.1, 0.15) is 23.9 Å². The lowest BCUT2D eigenvalue weighted by atomic mass is 9.50. The molecule has 3 aromatic rings. The second-order valence-corrected chi connectivity index (χ2v) is 22.7. The number of nitrogens with one attached hydrogen (secondary N) is 1. The van der Waals surface area contributed by atoms with E-state index in [0.717, 1.165) is 51.4 Å². The number of carbonyl (C=O) groups excluding carboxylic acids is 1. The second-order valence-electron chi connectivity index (χ2n) is 20.0. The zero-order valence-corrected chi connectivity index (χ0v) is 39.9. The zero-order chi connectivity index (χ0) is 46.3. The minimum absolute atomic E-state index is 0.00880. The maximum atomic E-state index is 13.5. The minimum atomic E-state index is -2.46. The SMILES string of the molecule is CCOC(=O)CCc1cc2ccoc2c2c1OC1OC3(CSSC4(CCCC4CCc4ccccc4)C(CCC(C)CCCC3O)NCCO2)C2(O)CC3C=CC(O)C(CO)C3C1(O)C2O. The van der Waals surface area contributed by atoms with Crippen LogP contribution in [0.15, 0.2) is 65.3 Å². The maximum absolute atomic E-state index is 13.5. The lowest BCUT2D eigenvalue weighted by Gasteiger charge is -2.67. The first-order chi connectivity index (χ1) is 31.9. The number of aryl methyl sites for hydroxylation is 2. The number of carbonyl (C=O) groups is 1. The molecule has 66 heavy (non-hydrogen) atoms. The van der Waals surface area contributed by atoms with Gasteiger partial charge in [0.25, 0.3) is 0 Å². The minimum Gasteiger partial charge on any atom is -0.485 e. The van der Waals surface area contributed by atoms with Crippen LogP contribution >= 0.6 is 21.6 Å². The van der Waals surface area contributed by atoms with E-state index in [-0.39, 0.29) is 66.9 Å². The summed E-state index contributed by atoms with van der Waals surface area (Å²) in [5.41, 5.74) is -4.40. The third-order valence-electron chi connectivity index (χ3n) is 16.3. The van der Waals surface area contributed by atoms with E-state index in [1.807, 2.05) is 22.9 Å². The summed E-state index contributed by atoms with van der Waals surface area (Å²) in [5.74, 6) is -2.09. The van der Waals surface area contributed by atoms with Gasteiger partial charge in [-0.2, -0.15) is 0 Å². The molecule has 2 spiro atoms. The number of esters is 1. The fraction of sp³-hybridized carbons (Fsp3) is 0.667. The van der Waals surface area contributed by atoms with E-state index in [4.69, 9.17) is 23.4 Å². The highest BCUT2D eigenvalue weighted by atomic mass is 33.1. The Kier molecular flexibility index (Phi) is 14.5. The summed E-state index contributed by atoms with van der Waals surface area (Å²) in [4.78, 5) is 12.9. The molecule has 4 fully saturated rings. The summed E-state index contributed by atoms with van der Waals surface area (Å²) in [6.45, 7) is 4.38. The summed E-state index contributed by atoms with van der Waals surface area (Å²) in [5, 5.41) is 79.7. The molecule has 9 rings (SSSR count). The molecule has 15 heteroatoms. The van der Waals surface area contributed by atoms with Gasteiger partial charge in [0.05, 0.1) is 25.1 Å². The summed E-state index contributed by atoms with van der Waals surface area (Å²) in [7, 11) is 3.36. The van der Waals surface area contributed by atoms with Crippen LogP contribution in [0, 0.1) is 29.6 Å². The fourth-order valence-electron chi connectivity index (χ4n) is 12.8. The number of furan rings is 1. The first-order valence-corrected chi connectivity index (χ1v) is 26.7. The number of aliphatic hydroxyl groups excluding tert-OH is 4. The largest absolute Gasteiger partial charge is 0.485 e. The number of aliphatic hydroxyl groups is 6. The smallest absolute Gasteiger partial charge is 0.306 e. The van der Waals surface area contributed by atoms with Crippen molar-refractivity contribution in [3.05, 3.63) is 72.0 Å². The predicted octanol–water partition coefficient (Wildman–Crippen LogP) is 6.27. The molecule has 13 nitrogen and oxygen atoms in total. The summed E-state index contributed by atoms with van der Waals surface area (Å²) in [6.07, 6.45) is 7.25. The Labute approximate surface area is 395 Å². The van der Waals surface area contributed by atoms with Crippen molar-refractivity contribution in [2.45, 2.75) is 150 Å². The molecule has 5 bridgehead atoms. The van der Waals surface area contributed by atoms with Gasteiger partial charge < -0.3 is 59.3 Å². The van der Waals surface area contributed by atoms with Gasteiger partial charge >= 0.3 is 5.97 Å². The number of benzene rings is 2. The average Bonchev–Trinajstić information content (AvgIpc) is 3.96. The topological polar surface area (TPSA) is 201 Å². The molecule has 362 valence electrons. The van der Waals surface area contributed by atoms with E-state index in [9.17, 15) is 35.4 Å². The van der Waals surface area contributed by atoms with Crippen molar-refractivity contribution in [1.29, 1.82) is 0 Å². The fourth-order valence-corrected chi connectivity index (χ4v) is 17.1. The van der Waals surface area contributed by atoms with E-state index in [1.165, 1.54) is 5.56 Å². The molecule has 0 amide bonds. The quantitative estimate of drug-likeness (QED) is 0.0757. The van der Waals surface area contributed by atoms with E-state index in [2.05, 4.69) is 36.5 Å². The standard InChI is InChI=1S/C51H69NO12S2/c1-3-60-41(56)21-17-33-27-34-22-25-61-43(34)45-44(33)63-47-51(59)42-35(16-19-38(54)37(42)29-53)28-49(58,46(51)57)50(64-47)30-65-66-48(23-8-12-36(48)18-15-32-10-5-4-6-11-32)39(52-24-26-62-45)20-14-31(2)9-7-13-40(50)55/h4-6,10-11,16,19,22,25,27,31,35-40,42,46-47,52-55,57-59H,3,7-9,12-15,17-18,20-21,23-24,26,28-30H2,1-2H3. The lowest BCUT2D eigenvalue weighted by molar-refractivity contribution is -0.424. The number of allylic oxidation sites excluding steroid dienone is 1. The van der Waals surface area contributed by atoms with Gasteiger partial charge in [-0.3, -0.25) is 4.79 Å². The number of hydrogen-bond acceptors (Lipinski definition) is 15. The third-order valence-corrected chi connectivity index (χ3v) is 19.7. The first-order valence-electron chi connectivity index (χ1n) is 24.4. The van der Waals surface area contributed by atoms with E-state index >= 15 is 0 Å². The van der Waals surface area contributed by atoms with Gasteiger partial charge in [-0.15, -0.1) is 0 Å². The van der Waals surface area contributed by atoms with Crippen molar-refractivity contribution in [3.63, 3.8) is 0 Å². The Balaban J connectivity index is 1.23.